The largest absolute Gasteiger partial charge is 0.382 e. The molecule has 0 bridgehead atoms. The molecule has 1 unspecified atom stereocenters. The van der Waals surface area contributed by atoms with E-state index in [1.807, 2.05) is 0 Å². The van der Waals surface area contributed by atoms with E-state index in [0.29, 0.717) is 38.3 Å². The lowest BCUT2D eigenvalue weighted by atomic mass is 9.97. The number of hydrogen-bond donors (Lipinski definition) is 0. The maximum absolute atomic E-state index is 5.65. The molecular weight excluding hydrogens is 208 g/mol. The first-order valence-corrected chi connectivity index (χ1v) is 5.84. The summed E-state index contributed by atoms with van der Waals surface area (Å²) in [5.74, 6) is 0.879. The Morgan fingerprint density at radius 2 is 1.19 bits per heavy atom. The van der Waals surface area contributed by atoms with Crippen LogP contribution in [0.2, 0.25) is 0 Å². The van der Waals surface area contributed by atoms with Crippen LogP contribution in [0, 0.1) is 11.8 Å². The van der Waals surface area contributed by atoms with Gasteiger partial charge in [-0.05, 0) is 5.92 Å². The summed E-state index contributed by atoms with van der Waals surface area (Å²) in [6.07, 6.45) is -0.176. The number of hydrogen-bond acceptors (Lipinski definition) is 4. The molecule has 0 fully saturated rings. The summed E-state index contributed by atoms with van der Waals surface area (Å²) in [5, 5.41) is 0. The average Bonchev–Trinajstić information content (AvgIpc) is 2.26. The van der Waals surface area contributed by atoms with Crippen LogP contribution < -0.4 is 0 Å². The number of ether oxygens (including phenoxy) is 4. The van der Waals surface area contributed by atoms with E-state index in [0.717, 1.165) is 0 Å². The SMILES string of the molecule is COCCOC(OCCOC)C(C)C(C)C. The molecule has 1 atom stereocenters. The van der Waals surface area contributed by atoms with Gasteiger partial charge in [0.25, 0.3) is 0 Å². The molecule has 0 N–H and O–H groups in total. The van der Waals surface area contributed by atoms with Crippen molar-refractivity contribution >= 4 is 0 Å². The summed E-state index contributed by atoms with van der Waals surface area (Å²) in [7, 11) is 3.33. The van der Waals surface area contributed by atoms with Gasteiger partial charge in [0.2, 0.25) is 0 Å². The van der Waals surface area contributed by atoms with E-state index >= 15 is 0 Å². The molecule has 0 spiro atoms. The third-order valence-electron chi connectivity index (χ3n) is 2.62. The van der Waals surface area contributed by atoms with Gasteiger partial charge in [-0.3, -0.25) is 0 Å². The first-order chi connectivity index (χ1) is 7.63. The van der Waals surface area contributed by atoms with E-state index in [9.17, 15) is 0 Å². The molecule has 0 saturated heterocycles. The van der Waals surface area contributed by atoms with Crippen molar-refractivity contribution in [1.29, 1.82) is 0 Å². The standard InChI is InChI=1S/C12H26O4/c1-10(2)11(3)12(15-8-6-13-4)16-9-7-14-5/h10-12H,6-9H2,1-5H3. The molecule has 0 rings (SSSR count). The van der Waals surface area contributed by atoms with Crippen LogP contribution in [-0.2, 0) is 18.9 Å². The Bertz CT molecular complexity index is 140. The molecule has 0 radical (unpaired) electrons. The fraction of sp³-hybridized carbons (Fsp3) is 1.00. The average molecular weight is 234 g/mol. The van der Waals surface area contributed by atoms with Gasteiger partial charge in [0.15, 0.2) is 6.29 Å². The Morgan fingerprint density at radius 3 is 1.50 bits per heavy atom. The van der Waals surface area contributed by atoms with Crippen molar-refractivity contribution in [3.8, 4) is 0 Å². The fourth-order valence-electron chi connectivity index (χ4n) is 1.16. The van der Waals surface area contributed by atoms with Gasteiger partial charge in [-0.15, -0.1) is 0 Å². The lowest BCUT2D eigenvalue weighted by Crippen LogP contribution is -2.31. The summed E-state index contributed by atoms with van der Waals surface area (Å²) in [6.45, 7) is 8.77. The van der Waals surface area contributed by atoms with Gasteiger partial charge in [-0.25, -0.2) is 0 Å². The van der Waals surface area contributed by atoms with Crippen LogP contribution in [-0.4, -0.2) is 46.9 Å². The van der Waals surface area contributed by atoms with Gasteiger partial charge < -0.3 is 18.9 Å². The molecule has 0 aromatic rings. The summed E-state index contributed by atoms with van der Waals surface area (Å²) in [5.41, 5.74) is 0. The highest BCUT2D eigenvalue weighted by Gasteiger charge is 2.21. The number of methoxy groups -OCH3 is 2. The van der Waals surface area contributed by atoms with Gasteiger partial charge in [-0.2, -0.15) is 0 Å². The van der Waals surface area contributed by atoms with Crippen molar-refractivity contribution in [3.05, 3.63) is 0 Å². The minimum atomic E-state index is -0.176. The summed E-state index contributed by atoms with van der Waals surface area (Å²) >= 11 is 0. The smallest absolute Gasteiger partial charge is 0.160 e. The fourth-order valence-corrected chi connectivity index (χ4v) is 1.16. The highest BCUT2D eigenvalue weighted by Crippen LogP contribution is 2.18. The van der Waals surface area contributed by atoms with Crippen molar-refractivity contribution in [3.63, 3.8) is 0 Å². The quantitative estimate of drug-likeness (QED) is 0.427. The van der Waals surface area contributed by atoms with Crippen molar-refractivity contribution in [2.45, 2.75) is 27.1 Å². The highest BCUT2D eigenvalue weighted by molar-refractivity contribution is 4.61. The van der Waals surface area contributed by atoms with E-state index in [1.54, 1.807) is 14.2 Å². The molecule has 0 aliphatic rings. The Balaban J connectivity index is 3.94. The zero-order valence-electron chi connectivity index (χ0n) is 11.2. The van der Waals surface area contributed by atoms with Gasteiger partial charge in [0.1, 0.15) is 0 Å². The zero-order valence-corrected chi connectivity index (χ0v) is 11.2. The lowest BCUT2D eigenvalue weighted by Gasteiger charge is -2.27. The first kappa shape index (κ1) is 15.8. The molecule has 0 heterocycles. The van der Waals surface area contributed by atoms with Crippen LogP contribution >= 0.6 is 0 Å². The third-order valence-corrected chi connectivity index (χ3v) is 2.62. The van der Waals surface area contributed by atoms with E-state index in [4.69, 9.17) is 18.9 Å². The Hall–Kier alpha value is -0.160. The Kier molecular flexibility index (Phi) is 9.92. The second kappa shape index (κ2) is 10.0. The Labute approximate surface area is 99.2 Å². The second-order valence-electron chi connectivity index (χ2n) is 4.20. The molecule has 0 saturated carbocycles. The van der Waals surface area contributed by atoms with Gasteiger partial charge in [0.05, 0.1) is 26.4 Å². The normalized spacial score (nSPS) is 13.7. The molecule has 0 aliphatic carbocycles. The molecule has 4 heteroatoms. The van der Waals surface area contributed by atoms with Crippen molar-refractivity contribution in [1.82, 2.24) is 0 Å². The highest BCUT2D eigenvalue weighted by atomic mass is 16.7. The molecule has 0 aliphatic heterocycles. The number of rotatable bonds is 10. The van der Waals surface area contributed by atoms with Crippen molar-refractivity contribution in [2.75, 3.05) is 40.6 Å². The second-order valence-corrected chi connectivity index (χ2v) is 4.20. The minimum absolute atomic E-state index is 0.176. The minimum Gasteiger partial charge on any atom is -0.382 e. The first-order valence-electron chi connectivity index (χ1n) is 5.84. The van der Waals surface area contributed by atoms with Crippen LogP contribution in [0.5, 0.6) is 0 Å². The molecule has 0 aromatic heterocycles. The molecule has 0 aromatic carbocycles. The predicted octanol–water partition coefficient (Wildman–Crippen LogP) is 1.93. The topological polar surface area (TPSA) is 36.9 Å². The van der Waals surface area contributed by atoms with Crippen LogP contribution in [0.15, 0.2) is 0 Å². The maximum Gasteiger partial charge on any atom is 0.160 e. The van der Waals surface area contributed by atoms with E-state index in [2.05, 4.69) is 20.8 Å². The summed E-state index contributed by atoms with van der Waals surface area (Å²) in [4.78, 5) is 0. The van der Waals surface area contributed by atoms with Gasteiger partial charge in [-0.1, -0.05) is 20.8 Å². The maximum atomic E-state index is 5.65. The van der Waals surface area contributed by atoms with E-state index < -0.39 is 0 Å². The van der Waals surface area contributed by atoms with Gasteiger partial charge >= 0.3 is 0 Å². The van der Waals surface area contributed by atoms with Crippen molar-refractivity contribution in [2.24, 2.45) is 11.8 Å². The van der Waals surface area contributed by atoms with Crippen LogP contribution in [0.3, 0.4) is 0 Å². The predicted molar refractivity (Wildman–Crippen MR) is 63.4 cm³/mol. The zero-order chi connectivity index (χ0) is 12.4. The van der Waals surface area contributed by atoms with E-state index in [-0.39, 0.29) is 6.29 Å². The van der Waals surface area contributed by atoms with Crippen LogP contribution in [0.25, 0.3) is 0 Å². The van der Waals surface area contributed by atoms with E-state index in [1.165, 1.54) is 0 Å². The van der Waals surface area contributed by atoms with Crippen LogP contribution in [0.4, 0.5) is 0 Å². The Morgan fingerprint density at radius 1 is 0.750 bits per heavy atom. The summed E-state index contributed by atoms with van der Waals surface area (Å²) in [6, 6.07) is 0. The molecular formula is C12H26O4. The third kappa shape index (κ3) is 7.17. The molecule has 4 nitrogen and oxygen atoms in total. The molecule has 98 valence electrons. The monoisotopic (exact) mass is 234 g/mol. The van der Waals surface area contributed by atoms with Crippen LogP contribution in [0.1, 0.15) is 20.8 Å². The molecule has 0 amide bonds. The summed E-state index contributed by atoms with van der Waals surface area (Å²) < 4.78 is 21.2. The van der Waals surface area contributed by atoms with Crippen molar-refractivity contribution < 1.29 is 18.9 Å². The lowest BCUT2D eigenvalue weighted by molar-refractivity contribution is -0.186. The molecule has 16 heavy (non-hydrogen) atoms. The van der Waals surface area contributed by atoms with Gasteiger partial charge in [0, 0.05) is 20.1 Å².